The molecule has 1 aliphatic rings. The minimum atomic E-state index is -0.767. The maximum atomic E-state index is 11.4. The molecule has 18 heavy (non-hydrogen) atoms. The number of anilines is 1. The molecule has 2 rings (SSSR count). The lowest BCUT2D eigenvalue weighted by Crippen LogP contribution is -2.41. The average Bonchev–Trinajstić information content (AvgIpc) is 2.58. The Morgan fingerprint density at radius 1 is 1.33 bits per heavy atom. The number of aromatic nitrogens is 2. The van der Waals surface area contributed by atoms with E-state index in [1.807, 2.05) is 18.7 Å². The van der Waals surface area contributed by atoms with Crippen LogP contribution >= 0.6 is 0 Å². The highest BCUT2D eigenvalue weighted by molar-refractivity contribution is 5.77. The van der Waals surface area contributed by atoms with Gasteiger partial charge in [0, 0.05) is 6.54 Å². The summed E-state index contributed by atoms with van der Waals surface area (Å²) in [5.74, 6) is -0.0793. The number of nitrogens with zero attached hydrogens (tertiary/aromatic N) is 3. The van der Waals surface area contributed by atoms with Crippen LogP contribution in [0, 0.1) is 13.8 Å². The predicted octanol–water partition coefficient (Wildman–Crippen LogP) is 1.93. The highest BCUT2D eigenvalue weighted by Crippen LogP contribution is 2.22. The van der Waals surface area contributed by atoms with Crippen molar-refractivity contribution in [3.63, 3.8) is 0 Å². The summed E-state index contributed by atoms with van der Waals surface area (Å²) in [5.41, 5.74) is 1.75. The van der Waals surface area contributed by atoms with Crippen molar-refractivity contribution in [3.05, 3.63) is 17.6 Å². The molecule has 2 heterocycles. The fourth-order valence-corrected chi connectivity index (χ4v) is 2.31. The van der Waals surface area contributed by atoms with Crippen LogP contribution in [0.5, 0.6) is 0 Å². The summed E-state index contributed by atoms with van der Waals surface area (Å²) < 4.78 is 0. The molecular formula is C13H19N3O2. The van der Waals surface area contributed by atoms with E-state index in [1.165, 1.54) is 0 Å². The highest BCUT2D eigenvalue weighted by Gasteiger charge is 2.28. The van der Waals surface area contributed by atoms with Crippen LogP contribution in [-0.4, -0.2) is 33.6 Å². The Balaban J connectivity index is 2.31. The summed E-state index contributed by atoms with van der Waals surface area (Å²) in [6, 6.07) is -0.469. The summed E-state index contributed by atoms with van der Waals surface area (Å²) in [6.45, 7) is 4.55. The molecule has 1 saturated heterocycles. The van der Waals surface area contributed by atoms with Crippen LogP contribution < -0.4 is 4.90 Å². The first-order chi connectivity index (χ1) is 8.59. The SMILES string of the molecule is Cc1ncc(N2CCCCCC2C(=O)O)nc1C. The van der Waals surface area contributed by atoms with Crippen LogP contribution in [0.3, 0.4) is 0 Å². The second kappa shape index (κ2) is 5.33. The van der Waals surface area contributed by atoms with Gasteiger partial charge in [0.1, 0.15) is 11.9 Å². The van der Waals surface area contributed by atoms with Crippen LogP contribution in [-0.2, 0) is 4.79 Å². The Morgan fingerprint density at radius 2 is 2.11 bits per heavy atom. The Bertz CT molecular complexity index is 448. The fourth-order valence-electron chi connectivity index (χ4n) is 2.31. The molecule has 1 N–H and O–H groups in total. The van der Waals surface area contributed by atoms with Crippen molar-refractivity contribution in [2.75, 3.05) is 11.4 Å². The van der Waals surface area contributed by atoms with Gasteiger partial charge in [-0.15, -0.1) is 0 Å². The van der Waals surface area contributed by atoms with E-state index in [2.05, 4.69) is 9.97 Å². The summed E-state index contributed by atoms with van der Waals surface area (Å²) in [7, 11) is 0. The van der Waals surface area contributed by atoms with Gasteiger partial charge in [0.25, 0.3) is 0 Å². The Kier molecular flexibility index (Phi) is 3.79. The van der Waals surface area contributed by atoms with Gasteiger partial charge in [0.05, 0.1) is 17.6 Å². The standard InChI is InChI=1S/C13H19N3O2/c1-9-10(2)15-12(8-14-9)16-7-5-3-4-6-11(16)13(17)18/h8,11H,3-7H2,1-2H3,(H,17,18). The monoisotopic (exact) mass is 249 g/mol. The molecule has 5 heteroatoms. The van der Waals surface area contributed by atoms with E-state index in [4.69, 9.17) is 0 Å². The van der Waals surface area contributed by atoms with Gasteiger partial charge >= 0.3 is 5.97 Å². The quantitative estimate of drug-likeness (QED) is 0.867. The first-order valence-corrected chi connectivity index (χ1v) is 6.39. The molecule has 0 bridgehead atoms. The second-order valence-corrected chi connectivity index (χ2v) is 4.80. The average molecular weight is 249 g/mol. The minimum absolute atomic E-state index is 0.469. The first kappa shape index (κ1) is 12.8. The molecule has 5 nitrogen and oxygen atoms in total. The van der Waals surface area contributed by atoms with E-state index in [-0.39, 0.29) is 0 Å². The third kappa shape index (κ3) is 2.60. The zero-order chi connectivity index (χ0) is 13.1. The number of carboxylic acid groups (broad SMARTS) is 1. The molecule has 1 aromatic heterocycles. The molecule has 1 aromatic rings. The molecule has 1 aliphatic heterocycles. The summed E-state index contributed by atoms with van der Waals surface area (Å²) in [6.07, 6.45) is 5.43. The molecule has 0 radical (unpaired) electrons. The molecule has 1 atom stereocenters. The number of hydrogen-bond donors (Lipinski definition) is 1. The Morgan fingerprint density at radius 3 is 2.78 bits per heavy atom. The number of hydrogen-bond acceptors (Lipinski definition) is 4. The van der Waals surface area contributed by atoms with Crippen molar-refractivity contribution in [3.8, 4) is 0 Å². The molecule has 0 aromatic carbocycles. The lowest BCUT2D eigenvalue weighted by atomic mass is 10.1. The van der Waals surface area contributed by atoms with Crippen LogP contribution in [0.25, 0.3) is 0 Å². The number of rotatable bonds is 2. The van der Waals surface area contributed by atoms with Gasteiger partial charge in [0.2, 0.25) is 0 Å². The van der Waals surface area contributed by atoms with Crippen LogP contribution in [0.4, 0.5) is 5.82 Å². The molecule has 98 valence electrons. The third-order valence-corrected chi connectivity index (χ3v) is 3.51. The van der Waals surface area contributed by atoms with E-state index >= 15 is 0 Å². The number of carboxylic acids is 1. The van der Waals surface area contributed by atoms with Gasteiger partial charge in [-0.25, -0.2) is 9.78 Å². The molecule has 1 unspecified atom stereocenters. The zero-order valence-corrected chi connectivity index (χ0v) is 10.9. The summed E-state index contributed by atoms with van der Waals surface area (Å²) >= 11 is 0. The van der Waals surface area contributed by atoms with E-state index in [1.54, 1.807) is 6.20 Å². The first-order valence-electron chi connectivity index (χ1n) is 6.39. The molecule has 0 amide bonds. The van der Waals surface area contributed by atoms with Crippen molar-refractivity contribution >= 4 is 11.8 Å². The van der Waals surface area contributed by atoms with Crippen LogP contribution in [0.15, 0.2) is 6.20 Å². The Labute approximate surface area is 107 Å². The third-order valence-electron chi connectivity index (χ3n) is 3.51. The number of carbonyl (C=O) groups is 1. The fraction of sp³-hybridized carbons (Fsp3) is 0.615. The smallest absolute Gasteiger partial charge is 0.326 e. The normalized spacial score (nSPS) is 20.6. The van der Waals surface area contributed by atoms with E-state index in [0.717, 1.165) is 37.2 Å². The van der Waals surface area contributed by atoms with E-state index < -0.39 is 12.0 Å². The van der Waals surface area contributed by atoms with Crippen LogP contribution in [0.1, 0.15) is 37.1 Å². The van der Waals surface area contributed by atoms with Gasteiger partial charge in [-0.3, -0.25) is 4.98 Å². The minimum Gasteiger partial charge on any atom is -0.480 e. The lowest BCUT2D eigenvalue weighted by molar-refractivity contribution is -0.138. The molecule has 0 saturated carbocycles. The van der Waals surface area contributed by atoms with Crippen molar-refractivity contribution in [2.45, 2.75) is 45.6 Å². The lowest BCUT2D eigenvalue weighted by Gasteiger charge is -2.28. The van der Waals surface area contributed by atoms with Crippen molar-refractivity contribution in [1.29, 1.82) is 0 Å². The van der Waals surface area contributed by atoms with Crippen LogP contribution in [0.2, 0.25) is 0 Å². The molecule has 0 aliphatic carbocycles. The summed E-state index contributed by atoms with van der Waals surface area (Å²) in [5, 5.41) is 9.33. The molecular weight excluding hydrogens is 230 g/mol. The van der Waals surface area contributed by atoms with Gasteiger partial charge in [0.15, 0.2) is 0 Å². The zero-order valence-electron chi connectivity index (χ0n) is 10.9. The van der Waals surface area contributed by atoms with Crippen molar-refractivity contribution in [1.82, 2.24) is 9.97 Å². The Hall–Kier alpha value is -1.65. The number of aryl methyl sites for hydroxylation is 2. The van der Waals surface area contributed by atoms with E-state index in [0.29, 0.717) is 12.2 Å². The van der Waals surface area contributed by atoms with Gasteiger partial charge in [-0.2, -0.15) is 0 Å². The molecule has 0 spiro atoms. The maximum Gasteiger partial charge on any atom is 0.326 e. The largest absolute Gasteiger partial charge is 0.480 e. The summed E-state index contributed by atoms with van der Waals surface area (Å²) in [4.78, 5) is 22.0. The van der Waals surface area contributed by atoms with Gasteiger partial charge in [-0.05, 0) is 26.7 Å². The maximum absolute atomic E-state index is 11.4. The highest BCUT2D eigenvalue weighted by atomic mass is 16.4. The topological polar surface area (TPSA) is 66.3 Å². The van der Waals surface area contributed by atoms with Gasteiger partial charge in [-0.1, -0.05) is 12.8 Å². The predicted molar refractivity (Wildman–Crippen MR) is 68.7 cm³/mol. The van der Waals surface area contributed by atoms with Crippen molar-refractivity contribution in [2.24, 2.45) is 0 Å². The van der Waals surface area contributed by atoms with Gasteiger partial charge < -0.3 is 10.0 Å². The van der Waals surface area contributed by atoms with E-state index in [9.17, 15) is 9.90 Å². The van der Waals surface area contributed by atoms with Crippen molar-refractivity contribution < 1.29 is 9.90 Å². The second-order valence-electron chi connectivity index (χ2n) is 4.80. The number of aliphatic carboxylic acids is 1. The molecule has 1 fully saturated rings.